The first-order chi connectivity index (χ1) is 13.4. The van der Waals surface area contributed by atoms with E-state index in [0.717, 1.165) is 11.1 Å². The number of carbonyl (C=O) groups excluding carboxylic acids is 1. The number of aliphatic hydroxyl groups is 1. The zero-order valence-electron chi connectivity index (χ0n) is 16.9. The van der Waals surface area contributed by atoms with E-state index in [1.165, 1.54) is 0 Å². The minimum atomic E-state index is -0.520. The summed E-state index contributed by atoms with van der Waals surface area (Å²) < 4.78 is 5.59. The molecular weight excluding hydrogens is 352 g/mol. The molecule has 3 rings (SSSR count). The van der Waals surface area contributed by atoms with Crippen LogP contribution in [0.5, 0.6) is 0 Å². The van der Waals surface area contributed by atoms with E-state index in [1.807, 2.05) is 69.3 Å². The average Bonchev–Trinajstić information content (AvgIpc) is 2.69. The Labute approximate surface area is 167 Å². The summed E-state index contributed by atoms with van der Waals surface area (Å²) in [4.78, 5) is 16.7. The van der Waals surface area contributed by atoms with E-state index < -0.39 is 5.60 Å². The van der Waals surface area contributed by atoms with Gasteiger partial charge in [-0.1, -0.05) is 60.7 Å². The van der Waals surface area contributed by atoms with Crippen LogP contribution in [0.25, 0.3) is 0 Å². The Bertz CT molecular complexity index is 758. The largest absolute Gasteiger partial charge is 0.444 e. The lowest BCUT2D eigenvalue weighted by atomic mass is 9.97. The zero-order valence-corrected chi connectivity index (χ0v) is 16.9. The molecule has 28 heavy (non-hydrogen) atoms. The summed E-state index contributed by atoms with van der Waals surface area (Å²) in [5.41, 5.74) is 1.69. The molecular formula is C23H30N2O3. The molecule has 2 aromatic carbocycles. The Balaban J connectivity index is 1.87. The Morgan fingerprint density at radius 1 is 1.07 bits per heavy atom. The van der Waals surface area contributed by atoms with Crippen LogP contribution < -0.4 is 0 Å². The molecule has 1 heterocycles. The number of hydrogen-bond donors (Lipinski definition) is 1. The van der Waals surface area contributed by atoms with Gasteiger partial charge in [-0.05, 0) is 31.9 Å². The standard InChI is InChI=1S/C23H30N2O3/c1-23(2,3)28-22(27)24-14-15-25(20(16-24)18-10-6-4-7-11-18)21(17-26)19-12-8-5-9-13-19/h4-13,20-21,26H,14-17H2,1-3H3/t20-,21-/m0/s1. The molecule has 1 fully saturated rings. The van der Waals surface area contributed by atoms with E-state index in [2.05, 4.69) is 17.0 Å². The molecule has 1 saturated heterocycles. The van der Waals surface area contributed by atoms with Gasteiger partial charge in [-0.25, -0.2) is 4.79 Å². The van der Waals surface area contributed by atoms with Gasteiger partial charge in [-0.2, -0.15) is 0 Å². The third kappa shape index (κ3) is 4.91. The monoisotopic (exact) mass is 382 g/mol. The lowest BCUT2D eigenvalue weighted by Crippen LogP contribution is -2.52. The second-order valence-electron chi connectivity index (χ2n) is 8.20. The fraction of sp³-hybridized carbons (Fsp3) is 0.435. The molecule has 2 atom stereocenters. The number of ether oxygens (including phenoxy) is 1. The van der Waals surface area contributed by atoms with Crippen LogP contribution in [-0.2, 0) is 4.74 Å². The fourth-order valence-electron chi connectivity index (χ4n) is 3.71. The molecule has 0 radical (unpaired) electrons. The molecule has 5 nitrogen and oxygen atoms in total. The maximum absolute atomic E-state index is 12.6. The first-order valence-corrected chi connectivity index (χ1v) is 9.83. The SMILES string of the molecule is CC(C)(C)OC(=O)N1CCN([C@@H](CO)c2ccccc2)[C@H](c2ccccc2)C1. The highest BCUT2D eigenvalue weighted by molar-refractivity contribution is 5.68. The van der Waals surface area contributed by atoms with Crippen molar-refractivity contribution in [3.05, 3.63) is 71.8 Å². The Morgan fingerprint density at radius 3 is 2.25 bits per heavy atom. The van der Waals surface area contributed by atoms with Crippen LogP contribution in [0.2, 0.25) is 0 Å². The van der Waals surface area contributed by atoms with Crippen LogP contribution in [0.1, 0.15) is 44.0 Å². The van der Waals surface area contributed by atoms with E-state index in [1.54, 1.807) is 4.90 Å². The summed E-state index contributed by atoms with van der Waals surface area (Å²) >= 11 is 0. The number of rotatable bonds is 4. The molecule has 0 bridgehead atoms. The Kier molecular flexibility index (Phi) is 6.37. The first kappa shape index (κ1) is 20.4. The maximum atomic E-state index is 12.6. The second kappa shape index (κ2) is 8.76. The molecule has 0 saturated carbocycles. The van der Waals surface area contributed by atoms with Crippen LogP contribution in [0.15, 0.2) is 60.7 Å². The smallest absolute Gasteiger partial charge is 0.410 e. The minimum Gasteiger partial charge on any atom is -0.444 e. The molecule has 0 aromatic heterocycles. The van der Waals surface area contributed by atoms with Gasteiger partial charge < -0.3 is 14.7 Å². The van der Waals surface area contributed by atoms with Crippen molar-refractivity contribution in [2.45, 2.75) is 38.5 Å². The Hall–Kier alpha value is -2.37. The lowest BCUT2D eigenvalue weighted by molar-refractivity contribution is -0.0127. The highest BCUT2D eigenvalue weighted by Crippen LogP contribution is 2.34. The van der Waals surface area contributed by atoms with Crippen LogP contribution in [0, 0.1) is 0 Å². The Morgan fingerprint density at radius 2 is 1.68 bits per heavy atom. The third-order valence-corrected chi connectivity index (χ3v) is 5.02. The molecule has 1 aliphatic heterocycles. The van der Waals surface area contributed by atoms with Gasteiger partial charge in [0.2, 0.25) is 0 Å². The molecule has 1 N–H and O–H groups in total. The molecule has 2 aromatic rings. The van der Waals surface area contributed by atoms with Crippen LogP contribution in [-0.4, -0.2) is 52.8 Å². The molecule has 0 spiro atoms. The van der Waals surface area contributed by atoms with Crippen molar-refractivity contribution in [3.63, 3.8) is 0 Å². The number of aliphatic hydroxyl groups excluding tert-OH is 1. The predicted molar refractivity (Wildman–Crippen MR) is 110 cm³/mol. The van der Waals surface area contributed by atoms with Gasteiger partial charge in [0.15, 0.2) is 0 Å². The van der Waals surface area contributed by atoms with Gasteiger partial charge in [0.05, 0.1) is 18.7 Å². The maximum Gasteiger partial charge on any atom is 0.410 e. The molecule has 0 aliphatic carbocycles. The number of hydrogen-bond acceptors (Lipinski definition) is 4. The summed E-state index contributed by atoms with van der Waals surface area (Å²) in [6.07, 6.45) is -0.284. The van der Waals surface area contributed by atoms with Gasteiger partial charge in [0.25, 0.3) is 0 Å². The van der Waals surface area contributed by atoms with Crippen molar-refractivity contribution in [1.29, 1.82) is 0 Å². The van der Waals surface area contributed by atoms with E-state index in [9.17, 15) is 9.90 Å². The minimum absolute atomic E-state index is 0.0141. The van der Waals surface area contributed by atoms with Crippen molar-refractivity contribution in [3.8, 4) is 0 Å². The quantitative estimate of drug-likeness (QED) is 0.868. The van der Waals surface area contributed by atoms with Gasteiger partial charge in [-0.15, -0.1) is 0 Å². The number of benzene rings is 2. The lowest BCUT2D eigenvalue weighted by Gasteiger charge is -2.45. The third-order valence-electron chi connectivity index (χ3n) is 5.02. The van der Waals surface area contributed by atoms with E-state index >= 15 is 0 Å². The first-order valence-electron chi connectivity index (χ1n) is 9.83. The van der Waals surface area contributed by atoms with Crippen LogP contribution in [0.4, 0.5) is 4.79 Å². The summed E-state index contributed by atoms with van der Waals surface area (Å²) in [6.45, 7) is 7.44. The summed E-state index contributed by atoms with van der Waals surface area (Å²) in [5.74, 6) is 0. The van der Waals surface area contributed by atoms with Gasteiger partial charge in [0.1, 0.15) is 5.60 Å². The van der Waals surface area contributed by atoms with Crippen molar-refractivity contribution < 1.29 is 14.6 Å². The number of carbonyl (C=O) groups is 1. The second-order valence-corrected chi connectivity index (χ2v) is 8.20. The molecule has 150 valence electrons. The fourth-order valence-corrected chi connectivity index (χ4v) is 3.71. The highest BCUT2D eigenvalue weighted by Gasteiger charge is 2.36. The summed E-state index contributed by atoms with van der Waals surface area (Å²) in [6, 6.07) is 20.1. The number of piperazine rings is 1. The molecule has 1 amide bonds. The summed E-state index contributed by atoms with van der Waals surface area (Å²) in [5, 5.41) is 10.2. The predicted octanol–water partition coefficient (Wildman–Crippen LogP) is 4.01. The van der Waals surface area contributed by atoms with Crippen molar-refractivity contribution in [2.24, 2.45) is 0 Å². The molecule has 5 heteroatoms. The topological polar surface area (TPSA) is 53.0 Å². The van der Waals surface area contributed by atoms with E-state index in [0.29, 0.717) is 19.6 Å². The van der Waals surface area contributed by atoms with Crippen LogP contribution in [0.3, 0.4) is 0 Å². The summed E-state index contributed by atoms with van der Waals surface area (Å²) in [7, 11) is 0. The average molecular weight is 383 g/mol. The molecule has 1 aliphatic rings. The van der Waals surface area contributed by atoms with E-state index in [4.69, 9.17) is 4.74 Å². The van der Waals surface area contributed by atoms with Crippen molar-refractivity contribution >= 4 is 6.09 Å². The van der Waals surface area contributed by atoms with E-state index in [-0.39, 0.29) is 24.8 Å². The number of nitrogens with zero attached hydrogens (tertiary/aromatic N) is 2. The number of amides is 1. The zero-order chi connectivity index (χ0) is 20.1. The van der Waals surface area contributed by atoms with Gasteiger partial charge in [0, 0.05) is 19.6 Å². The van der Waals surface area contributed by atoms with Crippen LogP contribution >= 0.6 is 0 Å². The normalized spacial score (nSPS) is 19.3. The highest BCUT2D eigenvalue weighted by atomic mass is 16.6. The van der Waals surface area contributed by atoms with Crippen molar-refractivity contribution in [1.82, 2.24) is 9.80 Å². The van der Waals surface area contributed by atoms with Crippen molar-refractivity contribution in [2.75, 3.05) is 26.2 Å². The van der Waals surface area contributed by atoms with Gasteiger partial charge in [-0.3, -0.25) is 4.90 Å². The molecule has 0 unspecified atom stereocenters. The van der Waals surface area contributed by atoms with Gasteiger partial charge >= 0.3 is 6.09 Å².